The number of hydrogen-bond donors (Lipinski definition) is 0. The minimum absolute atomic E-state index is 0.115. The van der Waals surface area contributed by atoms with E-state index in [-0.39, 0.29) is 15.6 Å². The van der Waals surface area contributed by atoms with E-state index in [0.29, 0.717) is 0 Å². The molecule has 0 N–H and O–H groups in total. The van der Waals surface area contributed by atoms with Gasteiger partial charge in [0, 0.05) is 17.5 Å². The minimum atomic E-state index is -0.668. The van der Waals surface area contributed by atoms with Crippen LogP contribution in [0.15, 0.2) is 12.1 Å². The number of carbonyl (C=O) groups is 1. The summed E-state index contributed by atoms with van der Waals surface area (Å²) in [7, 11) is 0. The fraction of sp³-hybridized carbons (Fsp3) is 0.300. The number of halogens is 3. The number of esters is 1. The third-order valence-electron chi connectivity index (χ3n) is 1.83. The number of carbonyl (C=O) groups excluding carboxylic acids is 1. The van der Waals surface area contributed by atoms with Gasteiger partial charge >= 0.3 is 5.97 Å². The van der Waals surface area contributed by atoms with Crippen molar-refractivity contribution in [1.29, 1.82) is 0 Å². The molecule has 1 aromatic carbocycles. The zero-order valence-electron chi connectivity index (χ0n) is 8.18. The predicted molar refractivity (Wildman–Crippen MR) is 56.6 cm³/mol. The maximum atomic E-state index is 13.1. The normalized spacial score (nSPS) is 12.3. The predicted octanol–water partition coefficient (Wildman–Crippen LogP) is 3.76. The molecule has 0 saturated carbocycles. The van der Waals surface area contributed by atoms with Crippen LogP contribution < -0.4 is 0 Å². The molecule has 0 bridgehead atoms. The lowest BCUT2D eigenvalue weighted by Crippen LogP contribution is -2.06. The molecule has 82 valence electrons. The largest absolute Gasteiger partial charge is 0.458 e. The minimum Gasteiger partial charge on any atom is -0.458 e. The Morgan fingerprint density at radius 1 is 1.47 bits per heavy atom. The Kier molecular flexibility index (Phi) is 3.94. The molecule has 0 aliphatic heterocycles. The first-order chi connectivity index (χ1) is 6.93. The number of benzene rings is 1. The van der Waals surface area contributed by atoms with Crippen LogP contribution in [0.2, 0.25) is 10.0 Å². The maximum absolute atomic E-state index is 13.1. The summed E-state index contributed by atoms with van der Waals surface area (Å²) in [6.45, 7) is 2.84. The molecule has 1 rings (SSSR count). The summed E-state index contributed by atoms with van der Waals surface area (Å²) in [5, 5.41) is 0.159. The van der Waals surface area contributed by atoms with Gasteiger partial charge in [-0.05, 0) is 19.1 Å². The average molecular weight is 251 g/mol. The summed E-state index contributed by atoms with van der Waals surface area (Å²) in [5.41, 5.74) is 0.286. The monoisotopic (exact) mass is 250 g/mol. The molecule has 0 unspecified atom stereocenters. The van der Waals surface area contributed by atoms with E-state index in [4.69, 9.17) is 27.9 Å². The third-order valence-corrected chi connectivity index (χ3v) is 2.54. The molecule has 1 aromatic rings. The fourth-order valence-corrected chi connectivity index (χ4v) is 1.90. The van der Waals surface area contributed by atoms with Crippen LogP contribution in [0.5, 0.6) is 0 Å². The van der Waals surface area contributed by atoms with Crippen LogP contribution in [0, 0.1) is 5.82 Å². The number of ether oxygens (including phenoxy) is 1. The van der Waals surface area contributed by atoms with Crippen LogP contribution in [0.1, 0.15) is 25.5 Å². The van der Waals surface area contributed by atoms with Gasteiger partial charge in [-0.2, -0.15) is 0 Å². The maximum Gasteiger partial charge on any atom is 0.303 e. The van der Waals surface area contributed by atoms with Gasteiger partial charge < -0.3 is 4.74 Å². The van der Waals surface area contributed by atoms with Crippen molar-refractivity contribution in [3.63, 3.8) is 0 Å². The van der Waals surface area contributed by atoms with Crippen molar-refractivity contribution in [2.75, 3.05) is 0 Å². The van der Waals surface area contributed by atoms with E-state index in [9.17, 15) is 9.18 Å². The van der Waals surface area contributed by atoms with Gasteiger partial charge in [-0.3, -0.25) is 4.79 Å². The van der Waals surface area contributed by atoms with E-state index in [2.05, 4.69) is 0 Å². The molecule has 0 aliphatic carbocycles. The zero-order chi connectivity index (χ0) is 11.6. The van der Waals surface area contributed by atoms with Gasteiger partial charge in [0.05, 0.1) is 5.02 Å². The Balaban J connectivity index is 3.12. The van der Waals surface area contributed by atoms with E-state index in [1.54, 1.807) is 6.92 Å². The first-order valence-corrected chi connectivity index (χ1v) is 4.99. The van der Waals surface area contributed by atoms with Crippen LogP contribution in [-0.4, -0.2) is 5.97 Å². The van der Waals surface area contributed by atoms with Gasteiger partial charge in [-0.1, -0.05) is 23.2 Å². The Bertz CT molecular complexity index is 393. The molecule has 1 atom stereocenters. The highest BCUT2D eigenvalue weighted by Gasteiger charge is 2.18. The Labute approximate surface area is 96.9 Å². The van der Waals surface area contributed by atoms with Gasteiger partial charge in [-0.25, -0.2) is 4.39 Å². The zero-order valence-corrected chi connectivity index (χ0v) is 9.69. The second-order valence-electron chi connectivity index (χ2n) is 3.01. The molecule has 0 aliphatic rings. The summed E-state index contributed by atoms with van der Waals surface area (Å²) >= 11 is 11.6. The first-order valence-electron chi connectivity index (χ1n) is 4.24. The highest BCUT2D eigenvalue weighted by molar-refractivity contribution is 6.36. The number of hydrogen-bond acceptors (Lipinski definition) is 2. The van der Waals surface area contributed by atoms with E-state index in [1.807, 2.05) is 0 Å². The smallest absolute Gasteiger partial charge is 0.303 e. The van der Waals surface area contributed by atoms with Crippen molar-refractivity contribution in [1.82, 2.24) is 0 Å². The highest BCUT2D eigenvalue weighted by Crippen LogP contribution is 2.33. The van der Waals surface area contributed by atoms with E-state index in [0.717, 1.165) is 6.07 Å². The van der Waals surface area contributed by atoms with Gasteiger partial charge in [0.15, 0.2) is 0 Å². The molecule has 0 radical (unpaired) electrons. The summed E-state index contributed by atoms with van der Waals surface area (Å²) in [6, 6.07) is 2.53. The standard InChI is InChI=1S/C10H9Cl2FO2/c1-5(15-6(2)14)9-7(11)3-4-8(13)10(9)12/h3-5H,1-2H3/t5-/m0/s1. The van der Waals surface area contributed by atoms with E-state index >= 15 is 0 Å². The topological polar surface area (TPSA) is 26.3 Å². The molecule has 0 aromatic heterocycles. The molecule has 0 spiro atoms. The van der Waals surface area contributed by atoms with Crippen molar-refractivity contribution in [3.8, 4) is 0 Å². The van der Waals surface area contributed by atoms with Crippen molar-refractivity contribution in [2.45, 2.75) is 20.0 Å². The summed E-state index contributed by atoms with van der Waals surface area (Å²) < 4.78 is 18.0. The quantitative estimate of drug-likeness (QED) is 0.590. The lowest BCUT2D eigenvalue weighted by Gasteiger charge is -2.15. The summed E-state index contributed by atoms with van der Waals surface area (Å²) in [6.07, 6.45) is -0.668. The molecule has 0 amide bonds. The van der Waals surface area contributed by atoms with Gasteiger partial charge in [0.25, 0.3) is 0 Å². The Morgan fingerprint density at radius 3 is 2.60 bits per heavy atom. The third kappa shape index (κ3) is 2.83. The van der Waals surface area contributed by atoms with E-state index in [1.165, 1.54) is 13.0 Å². The van der Waals surface area contributed by atoms with Crippen LogP contribution in [0.4, 0.5) is 4.39 Å². The molecule has 5 heteroatoms. The van der Waals surface area contributed by atoms with Crippen molar-refractivity contribution in [3.05, 3.63) is 33.6 Å². The molecule has 0 saturated heterocycles. The molecule has 15 heavy (non-hydrogen) atoms. The fourth-order valence-electron chi connectivity index (χ4n) is 1.22. The first kappa shape index (κ1) is 12.3. The van der Waals surface area contributed by atoms with Crippen LogP contribution in [0.3, 0.4) is 0 Å². The summed E-state index contributed by atoms with van der Waals surface area (Å²) in [5.74, 6) is -1.06. The molecule has 2 nitrogen and oxygen atoms in total. The van der Waals surface area contributed by atoms with E-state index < -0.39 is 17.9 Å². The van der Waals surface area contributed by atoms with Crippen molar-refractivity contribution >= 4 is 29.2 Å². The number of rotatable bonds is 2. The molecule has 0 heterocycles. The van der Waals surface area contributed by atoms with Crippen molar-refractivity contribution < 1.29 is 13.9 Å². The SMILES string of the molecule is CC(=O)O[C@@H](C)c1c(Cl)ccc(F)c1Cl. The van der Waals surface area contributed by atoms with Crippen LogP contribution in [0.25, 0.3) is 0 Å². The Hall–Kier alpha value is -0.800. The van der Waals surface area contributed by atoms with Gasteiger partial charge in [-0.15, -0.1) is 0 Å². The lowest BCUT2D eigenvalue weighted by atomic mass is 10.1. The second kappa shape index (κ2) is 4.81. The molecular formula is C10H9Cl2FO2. The van der Waals surface area contributed by atoms with Gasteiger partial charge in [0.2, 0.25) is 0 Å². The summed E-state index contributed by atoms with van der Waals surface area (Å²) in [4.78, 5) is 10.7. The average Bonchev–Trinajstić information content (AvgIpc) is 2.11. The van der Waals surface area contributed by atoms with Crippen LogP contribution >= 0.6 is 23.2 Å². The Morgan fingerprint density at radius 2 is 2.07 bits per heavy atom. The second-order valence-corrected chi connectivity index (χ2v) is 3.79. The molecular weight excluding hydrogens is 242 g/mol. The highest BCUT2D eigenvalue weighted by atomic mass is 35.5. The molecule has 0 fully saturated rings. The lowest BCUT2D eigenvalue weighted by molar-refractivity contribution is -0.145. The van der Waals surface area contributed by atoms with Crippen molar-refractivity contribution in [2.24, 2.45) is 0 Å². The van der Waals surface area contributed by atoms with Crippen LogP contribution in [-0.2, 0) is 9.53 Å². The van der Waals surface area contributed by atoms with Gasteiger partial charge in [0.1, 0.15) is 11.9 Å².